The number of carbonyl (C=O) groups excluding carboxylic acids is 2. The molecule has 1 amide bonds. The molecule has 1 aliphatic heterocycles. The predicted molar refractivity (Wildman–Crippen MR) is 95.5 cm³/mol. The van der Waals surface area contributed by atoms with Crippen LogP contribution in [0.1, 0.15) is 22.8 Å². The molecule has 3 rings (SSSR count). The summed E-state index contributed by atoms with van der Waals surface area (Å²) in [5, 5.41) is 10.9. The number of fused-ring (bicyclic) bond motifs is 1. The van der Waals surface area contributed by atoms with Crippen LogP contribution in [0.2, 0.25) is 5.02 Å². The van der Waals surface area contributed by atoms with Crippen LogP contribution in [0.3, 0.4) is 0 Å². The number of anilines is 1. The Balaban J connectivity index is 1.75. The Morgan fingerprint density at radius 2 is 2.00 bits per heavy atom. The number of nitro groups is 1. The van der Waals surface area contributed by atoms with E-state index in [1.807, 2.05) is 24.3 Å². The number of nitro benzene ring substituents is 1. The van der Waals surface area contributed by atoms with Crippen molar-refractivity contribution in [1.29, 1.82) is 0 Å². The highest BCUT2D eigenvalue weighted by Crippen LogP contribution is 2.29. The van der Waals surface area contributed by atoms with Gasteiger partial charge in [0, 0.05) is 24.4 Å². The lowest BCUT2D eigenvalue weighted by molar-refractivity contribution is -0.384. The quantitative estimate of drug-likeness (QED) is 0.465. The van der Waals surface area contributed by atoms with E-state index in [-0.39, 0.29) is 22.2 Å². The minimum atomic E-state index is -1.05. The Morgan fingerprint density at radius 1 is 1.27 bits per heavy atom. The van der Waals surface area contributed by atoms with E-state index in [1.54, 1.807) is 4.90 Å². The molecule has 134 valence electrons. The van der Waals surface area contributed by atoms with Gasteiger partial charge in [0.2, 0.25) is 0 Å². The van der Waals surface area contributed by atoms with Gasteiger partial charge in [0.1, 0.15) is 0 Å². The van der Waals surface area contributed by atoms with Gasteiger partial charge in [0.15, 0.2) is 6.10 Å². The fraction of sp³-hybridized carbons (Fsp3) is 0.222. The molecule has 0 fully saturated rings. The first-order valence-electron chi connectivity index (χ1n) is 7.92. The molecule has 0 radical (unpaired) electrons. The molecule has 0 spiro atoms. The molecule has 1 heterocycles. The summed E-state index contributed by atoms with van der Waals surface area (Å²) in [5.74, 6) is -1.24. The molecular formula is C18H15ClN2O5. The fourth-order valence-electron chi connectivity index (χ4n) is 2.84. The molecule has 0 saturated heterocycles. The van der Waals surface area contributed by atoms with Crippen molar-refractivity contribution >= 4 is 34.9 Å². The van der Waals surface area contributed by atoms with Gasteiger partial charge in [0.05, 0.1) is 15.5 Å². The minimum Gasteiger partial charge on any atom is -0.449 e. The molecule has 0 N–H and O–H groups in total. The van der Waals surface area contributed by atoms with E-state index in [0.717, 1.165) is 23.7 Å². The van der Waals surface area contributed by atoms with E-state index in [9.17, 15) is 19.7 Å². The third-order valence-electron chi connectivity index (χ3n) is 4.17. The third-order valence-corrected chi connectivity index (χ3v) is 4.50. The molecule has 1 aliphatic rings. The molecule has 0 aromatic heterocycles. The first-order chi connectivity index (χ1) is 12.4. The summed E-state index contributed by atoms with van der Waals surface area (Å²) >= 11 is 5.93. The van der Waals surface area contributed by atoms with Gasteiger partial charge >= 0.3 is 5.97 Å². The Morgan fingerprint density at radius 3 is 2.73 bits per heavy atom. The summed E-state index contributed by atoms with van der Waals surface area (Å²) in [5.41, 5.74) is 1.42. The second-order valence-electron chi connectivity index (χ2n) is 5.84. The van der Waals surface area contributed by atoms with Crippen molar-refractivity contribution in [3.05, 3.63) is 68.7 Å². The summed E-state index contributed by atoms with van der Waals surface area (Å²) in [6, 6.07) is 11.0. The molecule has 7 nitrogen and oxygen atoms in total. The average Bonchev–Trinajstić information content (AvgIpc) is 3.05. The number of rotatable bonds is 4. The lowest BCUT2D eigenvalue weighted by atomic mass is 10.2. The van der Waals surface area contributed by atoms with E-state index in [4.69, 9.17) is 16.3 Å². The summed E-state index contributed by atoms with van der Waals surface area (Å²) in [6.45, 7) is 1.98. The number of amides is 1. The molecule has 0 aliphatic carbocycles. The zero-order valence-corrected chi connectivity index (χ0v) is 14.6. The number of hydrogen-bond acceptors (Lipinski definition) is 5. The van der Waals surface area contributed by atoms with Gasteiger partial charge < -0.3 is 9.64 Å². The molecule has 26 heavy (non-hydrogen) atoms. The van der Waals surface area contributed by atoms with Crippen molar-refractivity contribution < 1.29 is 19.2 Å². The van der Waals surface area contributed by atoms with Crippen LogP contribution in [0.25, 0.3) is 0 Å². The second-order valence-corrected chi connectivity index (χ2v) is 6.24. The highest BCUT2D eigenvalue weighted by Gasteiger charge is 2.30. The number of non-ortho nitro benzene ring substituents is 1. The van der Waals surface area contributed by atoms with Gasteiger partial charge in [-0.3, -0.25) is 14.9 Å². The topological polar surface area (TPSA) is 89.7 Å². The van der Waals surface area contributed by atoms with Crippen molar-refractivity contribution in [1.82, 2.24) is 0 Å². The smallest absolute Gasteiger partial charge is 0.340 e. The Bertz CT molecular complexity index is 899. The maximum atomic E-state index is 12.6. The SMILES string of the molecule is C[C@@H](OC(=O)c1cc([N+](=O)[O-])ccc1Cl)C(=O)N1CCc2ccccc21. The lowest BCUT2D eigenvalue weighted by Gasteiger charge is -2.21. The van der Waals surface area contributed by atoms with Crippen LogP contribution in [0, 0.1) is 10.1 Å². The van der Waals surface area contributed by atoms with Crippen molar-refractivity contribution in [3.63, 3.8) is 0 Å². The normalized spacial score (nSPS) is 13.8. The van der Waals surface area contributed by atoms with Gasteiger partial charge in [0.25, 0.3) is 11.6 Å². The first kappa shape index (κ1) is 17.9. The molecule has 0 saturated carbocycles. The maximum Gasteiger partial charge on any atom is 0.340 e. The van der Waals surface area contributed by atoms with E-state index < -0.39 is 17.0 Å². The van der Waals surface area contributed by atoms with Gasteiger partial charge in [-0.05, 0) is 31.0 Å². The third kappa shape index (κ3) is 3.39. The zero-order valence-electron chi connectivity index (χ0n) is 13.8. The van der Waals surface area contributed by atoms with Crippen molar-refractivity contribution in [3.8, 4) is 0 Å². The summed E-state index contributed by atoms with van der Waals surface area (Å²) in [4.78, 5) is 36.8. The van der Waals surface area contributed by atoms with Crippen molar-refractivity contribution in [2.75, 3.05) is 11.4 Å². The number of hydrogen-bond donors (Lipinski definition) is 0. The molecular weight excluding hydrogens is 360 g/mol. The number of ether oxygens (including phenoxy) is 1. The highest BCUT2D eigenvalue weighted by atomic mass is 35.5. The Labute approximate surface area is 154 Å². The van der Waals surface area contributed by atoms with Gasteiger partial charge in [-0.2, -0.15) is 0 Å². The molecule has 2 aromatic rings. The standard InChI is InChI=1S/C18H15ClN2O5/c1-11(17(22)20-9-8-12-4-2-3-5-16(12)20)26-18(23)14-10-13(21(24)25)6-7-15(14)19/h2-7,10-11H,8-9H2,1H3/t11-/m1/s1. The van der Waals surface area contributed by atoms with Crippen LogP contribution in [0.5, 0.6) is 0 Å². The van der Waals surface area contributed by atoms with Crippen LogP contribution in [0.4, 0.5) is 11.4 Å². The monoisotopic (exact) mass is 374 g/mol. The number of esters is 1. The lowest BCUT2D eigenvalue weighted by Crippen LogP contribution is -2.39. The maximum absolute atomic E-state index is 12.6. The predicted octanol–water partition coefficient (Wildman–Crippen LogP) is 3.38. The molecule has 0 bridgehead atoms. The minimum absolute atomic E-state index is 0.0202. The molecule has 2 aromatic carbocycles. The first-order valence-corrected chi connectivity index (χ1v) is 8.30. The number of halogens is 1. The van der Waals surface area contributed by atoms with E-state index in [1.165, 1.54) is 19.1 Å². The van der Waals surface area contributed by atoms with Gasteiger partial charge in [-0.25, -0.2) is 4.79 Å². The highest BCUT2D eigenvalue weighted by molar-refractivity contribution is 6.33. The largest absolute Gasteiger partial charge is 0.449 e. The Kier molecular flexibility index (Phi) is 4.90. The molecule has 8 heteroatoms. The van der Waals surface area contributed by atoms with Crippen LogP contribution < -0.4 is 4.90 Å². The number of para-hydroxylation sites is 1. The van der Waals surface area contributed by atoms with Crippen LogP contribution in [-0.4, -0.2) is 29.4 Å². The molecule has 1 atom stereocenters. The van der Waals surface area contributed by atoms with Gasteiger partial charge in [-0.1, -0.05) is 29.8 Å². The second kappa shape index (κ2) is 7.13. The number of nitrogens with zero attached hydrogens (tertiary/aromatic N) is 2. The van der Waals surface area contributed by atoms with Crippen LogP contribution in [0.15, 0.2) is 42.5 Å². The Hall–Kier alpha value is -2.93. The number of carbonyl (C=O) groups is 2. The summed E-state index contributed by atoms with van der Waals surface area (Å²) in [6.07, 6.45) is -0.316. The van der Waals surface area contributed by atoms with Crippen LogP contribution >= 0.6 is 11.6 Å². The van der Waals surface area contributed by atoms with Crippen molar-refractivity contribution in [2.45, 2.75) is 19.4 Å². The van der Waals surface area contributed by atoms with E-state index in [0.29, 0.717) is 6.54 Å². The zero-order chi connectivity index (χ0) is 18.8. The van der Waals surface area contributed by atoms with E-state index in [2.05, 4.69) is 0 Å². The van der Waals surface area contributed by atoms with Crippen LogP contribution in [-0.2, 0) is 16.0 Å². The summed E-state index contributed by atoms with van der Waals surface area (Å²) < 4.78 is 5.20. The van der Waals surface area contributed by atoms with Gasteiger partial charge in [-0.15, -0.1) is 0 Å². The fourth-order valence-corrected chi connectivity index (χ4v) is 3.04. The number of benzene rings is 2. The summed E-state index contributed by atoms with van der Waals surface area (Å²) in [7, 11) is 0. The van der Waals surface area contributed by atoms with E-state index >= 15 is 0 Å². The average molecular weight is 375 g/mol. The molecule has 0 unspecified atom stereocenters. The van der Waals surface area contributed by atoms with Crippen molar-refractivity contribution in [2.24, 2.45) is 0 Å².